The molecule has 2 aliphatic rings. The third-order valence-electron chi connectivity index (χ3n) is 6.34. The van der Waals surface area contributed by atoms with E-state index in [1.54, 1.807) is 36.0 Å². The lowest BCUT2D eigenvalue weighted by molar-refractivity contribution is -0.128. The predicted molar refractivity (Wildman–Crippen MR) is 105 cm³/mol. The van der Waals surface area contributed by atoms with Crippen molar-refractivity contribution < 1.29 is 14.3 Å². The van der Waals surface area contributed by atoms with E-state index in [1.165, 1.54) is 12.8 Å². The largest absolute Gasteiger partial charge is 0.494 e. The quantitative estimate of drug-likeness (QED) is 0.830. The summed E-state index contributed by atoms with van der Waals surface area (Å²) in [5.41, 5.74) is 1.03. The molecule has 0 aliphatic heterocycles. The lowest BCUT2D eigenvalue weighted by atomic mass is 9.87. The van der Waals surface area contributed by atoms with Gasteiger partial charge in [-0.15, -0.1) is 0 Å². The van der Waals surface area contributed by atoms with Crippen molar-refractivity contribution in [2.45, 2.75) is 45.1 Å². The van der Waals surface area contributed by atoms with Gasteiger partial charge in [0.25, 0.3) is 5.91 Å². The van der Waals surface area contributed by atoms with Gasteiger partial charge in [0.1, 0.15) is 11.3 Å². The lowest BCUT2D eigenvalue weighted by Gasteiger charge is -2.26. The van der Waals surface area contributed by atoms with Gasteiger partial charge in [0.2, 0.25) is 5.91 Å². The van der Waals surface area contributed by atoms with Crippen LogP contribution in [-0.4, -0.2) is 53.1 Å². The summed E-state index contributed by atoms with van der Waals surface area (Å²) >= 11 is 0. The zero-order valence-corrected chi connectivity index (χ0v) is 16.8. The second-order valence-corrected chi connectivity index (χ2v) is 8.29. The maximum Gasteiger partial charge on any atom is 0.257 e. The average Bonchev–Trinajstić information content (AvgIpc) is 3.30. The van der Waals surface area contributed by atoms with Crippen molar-refractivity contribution in [1.82, 2.24) is 19.8 Å². The Morgan fingerprint density at radius 3 is 3.04 bits per heavy atom. The highest BCUT2D eigenvalue weighted by atomic mass is 16.5. The van der Waals surface area contributed by atoms with E-state index < -0.39 is 0 Å². The van der Waals surface area contributed by atoms with Gasteiger partial charge in [-0.25, -0.2) is 4.52 Å². The van der Waals surface area contributed by atoms with E-state index in [-0.39, 0.29) is 23.3 Å². The van der Waals surface area contributed by atoms with Gasteiger partial charge >= 0.3 is 0 Å². The van der Waals surface area contributed by atoms with Crippen LogP contribution in [0.2, 0.25) is 0 Å². The Balaban J connectivity index is 1.41. The molecule has 0 aromatic carbocycles. The summed E-state index contributed by atoms with van der Waals surface area (Å²) in [6, 6.07) is 3.53. The summed E-state index contributed by atoms with van der Waals surface area (Å²) < 4.78 is 7.02. The van der Waals surface area contributed by atoms with Gasteiger partial charge in [-0.3, -0.25) is 9.59 Å². The van der Waals surface area contributed by atoms with Crippen LogP contribution in [-0.2, 0) is 4.79 Å². The van der Waals surface area contributed by atoms with E-state index in [2.05, 4.69) is 10.4 Å². The van der Waals surface area contributed by atoms with Crippen molar-refractivity contribution >= 4 is 17.3 Å². The van der Waals surface area contributed by atoms with E-state index >= 15 is 0 Å². The minimum atomic E-state index is -0.138. The fourth-order valence-electron chi connectivity index (χ4n) is 4.73. The number of ether oxygens (including phenoxy) is 1. The number of rotatable bonds is 6. The third kappa shape index (κ3) is 3.12. The average molecular weight is 384 g/mol. The molecule has 2 fully saturated rings. The molecule has 3 unspecified atom stereocenters. The monoisotopic (exact) mass is 384 g/mol. The molecule has 2 heterocycles. The number of amides is 2. The molecule has 0 radical (unpaired) electrons. The molecule has 2 saturated carbocycles. The number of likely N-dealkylation sites (N-methyl/N-ethyl adjacent to an activating group) is 1. The molecular weight excluding hydrogens is 356 g/mol. The van der Waals surface area contributed by atoms with E-state index in [9.17, 15) is 9.59 Å². The van der Waals surface area contributed by atoms with E-state index in [4.69, 9.17) is 4.74 Å². The highest BCUT2D eigenvalue weighted by Gasteiger charge is 2.60. The van der Waals surface area contributed by atoms with Crippen LogP contribution in [0.1, 0.15) is 49.4 Å². The Hall–Kier alpha value is -2.57. The Bertz CT molecular complexity index is 908. The van der Waals surface area contributed by atoms with Crippen LogP contribution >= 0.6 is 0 Å². The molecular formula is C21H28N4O3. The van der Waals surface area contributed by atoms with Crippen molar-refractivity contribution in [2.24, 2.45) is 11.3 Å². The highest BCUT2D eigenvalue weighted by Crippen LogP contribution is 2.61. The summed E-state index contributed by atoms with van der Waals surface area (Å²) in [6.07, 6.45) is 8.96. The molecule has 0 spiro atoms. The molecule has 150 valence electrons. The molecule has 2 aliphatic carbocycles. The summed E-state index contributed by atoms with van der Waals surface area (Å²) in [6.45, 7) is 2.40. The first-order valence-electron chi connectivity index (χ1n) is 10.0. The van der Waals surface area contributed by atoms with E-state index in [0.717, 1.165) is 19.3 Å². The summed E-state index contributed by atoms with van der Waals surface area (Å²) in [7, 11) is 3.33. The highest BCUT2D eigenvalue weighted by molar-refractivity contribution is 6.02. The van der Waals surface area contributed by atoms with Crippen molar-refractivity contribution in [3.8, 4) is 5.75 Å². The maximum absolute atomic E-state index is 13.0. The fraction of sp³-hybridized carbons (Fsp3) is 0.571. The Labute approximate surface area is 165 Å². The number of hydrogen-bond acceptors (Lipinski definition) is 4. The number of carbonyl (C=O) groups is 2. The molecule has 2 amide bonds. The topological polar surface area (TPSA) is 75.9 Å². The summed E-state index contributed by atoms with van der Waals surface area (Å²) in [5.74, 6) is 1.21. The van der Waals surface area contributed by atoms with Gasteiger partial charge < -0.3 is 15.0 Å². The van der Waals surface area contributed by atoms with E-state index in [1.807, 2.05) is 19.1 Å². The van der Waals surface area contributed by atoms with Crippen LogP contribution < -0.4 is 10.1 Å². The first-order chi connectivity index (χ1) is 13.5. The zero-order valence-electron chi connectivity index (χ0n) is 16.8. The first kappa shape index (κ1) is 18.8. The molecule has 3 atom stereocenters. The summed E-state index contributed by atoms with van der Waals surface area (Å²) in [5, 5.41) is 7.40. The minimum absolute atomic E-state index is 0.109. The molecule has 4 rings (SSSR count). The van der Waals surface area contributed by atoms with Gasteiger partial charge in [-0.05, 0) is 44.2 Å². The minimum Gasteiger partial charge on any atom is -0.494 e. The molecule has 1 N–H and O–H groups in total. The molecule has 7 heteroatoms. The van der Waals surface area contributed by atoms with Gasteiger partial charge in [-0.1, -0.05) is 12.8 Å². The third-order valence-corrected chi connectivity index (χ3v) is 6.34. The first-order valence-corrected chi connectivity index (χ1v) is 10.0. The second-order valence-electron chi connectivity index (χ2n) is 8.29. The normalized spacial score (nSPS) is 24.3. The van der Waals surface area contributed by atoms with Crippen LogP contribution in [0.5, 0.6) is 5.75 Å². The number of nitrogens with one attached hydrogen (secondary N) is 1. The van der Waals surface area contributed by atoms with Crippen molar-refractivity contribution in [1.29, 1.82) is 0 Å². The predicted octanol–water partition coefficient (Wildman–Crippen LogP) is 2.50. The Morgan fingerprint density at radius 2 is 2.29 bits per heavy atom. The van der Waals surface area contributed by atoms with Crippen LogP contribution in [0.3, 0.4) is 0 Å². The number of pyridine rings is 1. The number of methoxy groups -OCH3 is 1. The van der Waals surface area contributed by atoms with Gasteiger partial charge in [0.05, 0.1) is 24.3 Å². The number of nitrogens with zero attached hydrogens (tertiary/aromatic N) is 3. The van der Waals surface area contributed by atoms with E-state index in [0.29, 0.717) is 29.3 Å². The van der Waals surface area contributed by atoms with Gasteiger partial charge in [-0.2, -0.15) is 5.10 Å². The lowest BCUT2D eigenvalue weighted by Crippen LogP contribution is -2.46. The molecule has 2 aromatic rings. The maximum atomic E-state index is 13.0. The smallest absolute Gasteiger partial charge is 0.257 e. The molecule has 0 bridgehead atoms. The number of carbonyl (C=O) groups excluding carboxylic acids is 2. The molecule has 28 heavy (non-hydrogen) atoms. The molecule has 2 aromatic heterocycles. The number of fused-ring (bicyclic) bond motifs is 2. The Morgan fingerprint density at radius 1 is 1.46 bits per heavy atom. The summed E-state index contributed by atoms with van der Waals surface area (Å²) in [4.78, 5) is 27.4. The van der Waals surface area contributed by atoms with Crippen LogP contribution in [0.4, 0.5) is 0 Å². The fourth-order valence-corrected chi connectivity index (χ4v) is 4.73. The molecule has 7 nitrogen and oxygen atoms in total. The Kier molecular flexibility index (Phi) is 4.77. The van der Waals surface area contributed by atoms with Crippen molar-refractivity contribution in [2.75, 3.05) is 20.7 Å². The van der Waals surface area contributed by atoms with Crippen LogP contribution in [0.25, 0.3) is 5.52 Å². The van der Waals surface area contributed by atoms with Crippen molar-refractivity contribution in [3.63, 3.8) is 0 Å². The standard InChI is InChI=1S/C21H28N4O3/c1-14(23-20(27)21-9-5-4-7-15(21)11-21)13-24(2)19(26)16-12-22-25-10-6-8-17(28-3)18(16)25/h6,8,10,12,14-15H,4-5,7,9,11,13H2,1-3H3,(H,23,27). The number of hydrogen-bond donors (Lipinski definition) is 1. The number of aromatic nitrogens is 2. The van der Waals surface area contributed by atoms with Crippen LogP contribution in [0.15, 0.2) is 24.5 Å². The zero-order chi connectivity index (χ0) is 19.9. The van der Waals surface area contributed by atoms with Crippen LogP contribution in [0, 0.1) is 11.3 Å². The van der Waals surface area contributed by atoms with Crippen molar-refractivity contribution in [3.05, 3.63) is 30.1 Å². The second kappa shape index (κ2) is 7.11. The molecule has 0 saturated heterocycles. The van der Waals surface area contributed by atoms with Gasteiger partial charge in [0, 0.05) is 25.8 Å². The van der Waals surface area contributed by atoms with Gasteiger partial charge in [0.15, 0.2) is 0 Å². The SMILES string of the molecule is COc1cccn2ncc(C(=O)N(C)CC(C)NC(=O)C34CCCCC3C4)c12.